The zero-order valence-electron chi connectivity index (χ0n) is 15.0. The lowest BCUT2D eigenvalue weighted by Gasteiger charge is -2.32. The molecule has 0 unspecified atom stereocenters. The molecule has 0 saturated carbocycles. The third kappa shape index (κ3) is 4.53. The molecule has 0 aliphatic carbocycles. The molecule has 138 valence electrons. The van der Waals surface area contributed by atoms with Crippen LogP contribution in [0, 0.1) is 0 Å². The van der Waals surface area contributed by atoms with Crippen LogP contribution in [0.5, 0.6) is 5.75 Å². The zero-order valence-corrected chi connectivity index (χ0v) is 15.0. The van der Waals surface area contributed by atoms with Gasteiger partial charge in [-0.3, -0.25) is 0 Å². The van der Waals surface area contributed by atoms with Gasteiger partial charge in [0.05, 0.1) is 19.8 Å². The van der Waals surface area contributed by atoms with Crippen molar-refractivity contribution in [3.05, 3.63) is 48.5 Å². The number of amides is 2. The van der Waals surface area contributed by atoms with Crippen molar-refractivity contribution in [1.29, 1.82) is 0 Å². The molecule has 1 saturated heterocycles. The van der Waals surface area contributed by atoms with Gasteiger partial charge in [0.1, 0.15) is 5.75 Å². The van der Waals surface area contributed by atoms with Gasteiger partial charge < -0.3 is 25.4 Å². The molecule has 1 aliphatic rings. The second kappa shape index (κ2) is 8.69. The van der Waals surface area contributed by atoms with Crippen molar-refractivity contribution < 1.29 is 14.3 Å². The predicted molar refractivity (Wildman–Crippen MR) is 102 cm³/mol. The first kappa shape index (κ1) is 18.2. The van der Waals surface area contributed by atoms with Crippen LogP contribution in [0.25, 0.3) is 11.1 Å². The second-order valence-electron chi connectivity index (χ2n) is 6.25. The highest BCUT2D eigenvalue weighted by atomic mass is 16.5. The lowest BCUT2D eigenvalue weighted by Crippen LogP contribution is -2.47. The van der Waals surface area contributed by atoms with Crippen LogP contribution in [0.3, 0.4) is 0 Å². The summed E-state index contributed by atoms with van der Waals surface area (Å²) in [5.74, 6) is 0.830. The highest BCUT2D eigenvalue weighted by molar-refractivity contribution is 5.89. The molecule has 3 N–H and O–H groups in total. The van der Waals surface area contributed by atoms with Gasteiger partial charge in [-0.25, -0.2) is 4.79 Å². The molecule has 1 aliphatic heterocycles. The summed E-state index contributed by atoms with van der Waals surface area (Å²) < 4.78 is 10.8. The first-order valence-electron chi connectivity index (χ1n) is 8.81. The number of benzene rings is 2. The summed E-state index contributed by atoms with van der Waals surface area (Å²) in [6, 6.07) is 15.6. The first-order chi connectivity index (χ1) is 12.7. The molecule has 2 amide bonds. The van der Waals surface area contributed by atoms with E-state index in [4.69, 9.17) is 15.2 Å². The van der Waals surface area contributed by atoms with Crippen molar-refractivity contribution in [2.24, 2.45) is 5.73 Å². The van der Waals surface area contributed by atoms with Crippen LogP contribution in [-0.4, -0.2) is 50.4 Å². The number of morpholine rings is 1. The Morgan fingerprint density at radius 1 is 1.19 bits per heavy atom. The number of urea groups is 1. The third-order valence-corrected chi connectivity index (χ3v) is 4.47. The topological polar surface area (TPSA) is 76.8 Å². The number of nitrogens with one attached hydrogen (secondary N) is 1. The number of anilines is 1. The molecule has 6 nitrogen and oxygen atoms in total. The Kier molecular flexibility index (Phi) is 6.09. The van der Waals surface area contributed by atoms with Crippen LogP contribution in [0.4, 0.5) is 10.5 Å². The molecule has 6 heteroatoms. The van der Waals surface area contributed by atoms with Gasteiger partial charge in [0.25, 0.3) is 0 Å². The van der Waals surface area contributed by atoms with E-state index in [9.17, 15) is 4.79 Å². The van der Waals surface area contributed by atoms with Gasteiger partial charge in [-0.15, -0.1) is 0 Å². The maximum Gasteiger partial charge on any atom is 0.322 e. The summed E-state index contributed by atoms with van der Waals surface area (Å²) >= 11 is 0. The molecule has 0 bridgehead atoms. The Bertz CT molecular complexity index is 714. The van der Waals surface area contributed by atoms with Crippen molar-refractivity contribution in [2.75, 3.05) is 38.7 Å². The minimum absolute atomic E-state index is 0.0250. The number of ether oxygens (including phenoxy) is 2. The normalized spacial score (nSPS) is 17.0. The minimum Gasteiger partial charge on any atom is -0.497 e. The fourth-order valence-corrected chi connectivity index (χ4v) is 3.00. The van der Waals surface area contributed by atoms with Gasteiger partial charge in [0, 0.05) is 18.8 Å². The summed E-state index contributed by atoms with van der Waals surface area (Å²) in [5, 5.41) is 2.95. The number of nitrogens with zero attached hydrogens (tertiary/aromatic N) is 1. The SMILES string of the molecule is COc1ccc(-c2ccc(NC(=O)N3CCO[C@H](CCN)C3)cc2)cc1. The van der Waals surface area contributed by atoms with Gasteiger partial charge in [-0.1, -0.05) is 24.3 Å². The molecule has 2 aromatic carbocycles. The number of rotatable bonds is 5. The Morgan fingerprint density at radius 2 is 1.85 bits per heavy atom. The first-order valence-corrected chi connectivity index (χ1v) is 8.81. The minimum atomic E-state index is -0.104. The van der Waals surface area contributed by atoms with Crippen LogP contribution in [0.15, 0.2) is 48.5 Å². The van der Waals surface area contributed by atoms with E-state index < -0.39 is 0 Å². The number of carbonyl (C=O) groups is 1. The summed E-state index contributed by atoms with van der Waals surface area (Å²) in [6.07, 6.45) is 0.789. The van der Waals surface area contributed by atoms with Gasteiger partial charge in [-0.2, -0.15) is 0 Å². The summed E-state index contributed by atoms with van der Waals surface area (Å²) in [4.78, 5) is 14.2. The van der Waals surface area contributed by atoms with Crippen molar-refractivity contribution in [1.82, 2.24) is 4.90 Å². The molecule has 0 radical (unpaired) electrons. The quantitative estimate of drug-likeness (QED) is 0.864. The number of carbonyl (C=O) groups excluding carboxylic acids is 1. The van der Waals surface area contributed by atoms with E-state index in [0.717, 1.165) is 29.0 Å². The summed E-state index contributed by atoms with van der Waals surface area (Å²) in [6.45, 7) is 2.28. The molecular weight excluding hydrogens is 330 g/mol. The number of hydrogen-bond acceptors (Lipinski definition) is 4. The van der Waals surface area contributed by atoms with E-state index in [-0.39, 0.29) is 12.1 Å². The van der Waals surface area contributed by atoms with E-state index in [0.29, 0.717) is 26.2 Å². The Labute approximate surface area is 153 Å². The average molecular weight is 355 g/mol. The summed E-state index contributed by atoms with van der Waals surface area (Å²) in [7, 11) is 1.65. The number of nitrogens with two attached hydrogens (primary N) is 1. The van der Waals surface area contributed by atoms with Crippen LogP contribution >= 0.6 is 0 Å². The molecule has 1 heterocycles. The predicted octanol–water partition coefficient (Wildman–Crippen LogP) is 2.94. The van der Waals surface area contributed by atoms with Crippen molar-refractivity contribution >= 4 is 11.7 Å². The van der Waals surface area contributed by atoms with Crippen LogP contribution in [-0.2, 0) is 4.74 Å². The fraction of sp³-hybridized carbons (Fsp3) is 0.350. The van der Waals surface area contributed by atoms with Crippen molar-refractivity contribution in [3.8, 4) is 16.9 Å². The lowest BCUT2D eigenvalue weighted by molar-refractivity contribution is -0.0146. The molecule has 0 spiro atoms. The van der Waals surface area contributed by atoms with E-state index in [2.05, 4.69) is 5.32 Å². The second-order valence-corrected chi connectivity index (χ2v) is 6.25. The lowest BCUT2D eigenvalue weighted by atomic mass is 10.1. The maximum atomic E-state index is 12.5. The Morgan fingerprint density at radius 3 is 2.46 bits per heavy atom. The van der Waals surface area contributed by atoms with Gasteiger partial charge in [-0.05, 0) is 48.4 Å². The number of hydrogen-bond donors (Lipinski definition) is 2. The molecule has 26 heavy (non-hydrogen) atoms. The third-order valence-electron chi connectivity index (χ3n) is 4.47. The molecular formula is C20H25N3O3. The molecule has 1 fully saturated rings. The monoisotopic (exact) mass is 355 g/mol. The largest absolute Gasteiger partial charge is 0.497 e. The molecule has 3 rings (SSSR count). The fourth-order valence-electron chi connectivity index (χ4n) is 3.00. The molecule has 0 aromatic heterocycles. The van der Waals surface area contributed by atoms with Gasteiger partial charge >= 0.3 is 6.03 Å². The van der Waals surface area contributed by atoms with Crippen molar-refractivity contribution in [2.45, 2.75) is 12.5 Å². The van der Waals surface area contributed by atoms with E-state index >= 15 is 0 Å². The smallest absolute Gasteiger partial charge is 0.322 e. The average Bonchev–Trinajstić information content (AvgIpc) is 2.69. The van der Waals surface area contributed by atoms with Crippen LogP contribution in [0.1, 0.15) is 6.42 Å². The van der Waals surface area contributed by atoms with Gasteiger partial charge in [0.15, 0.2) is 0 Å². The van der Waals surface area contributed by atoms with Gasteiger partial charge in [0.2, 0.25) is 0 Å². The summed E-state index contributed by atoms with van der Waals surface area (Å²) in [5.41, 5.74) is 8.53. The Balaban J connectivity index is 1.60. The molecule has 2 aromatic rings. The standard InChI is InChI=1S/C20H25N3O3/c1-25-18-8-4-16(5-9-18)15-2-6-17(7-3-15)22-20(24)23-12-13-26-19(14-23)10-11-21/h2-9,19H,10-14,21H2,1H3,(H,22,24)/t19-/m1/s1. The van der Waals surface area contributed by atoms with E-state index in [1.165, 1.54) is 0 Å². The number of methoxy groups -OCH3 is 1. The van der Waals surface area contributed by atoms with Crippen LogP contribution in [0.2, 0.25) is 0 Å². The highest BCUT2D eigenvalue weighted by Crippen LogP contribution is 2.24. The van der Waals surface area contributed by atoms with E-state index in [1.54, 1.807) is 12.0 Å². The Hall–Kier alpha value is -2.57. The van der Waals surface area contributed by atoms with E-state index in [1.807, 2.05) is 48.5 Å². The zero-order chi connectivity index (χ0) is 18.4. The highest BCUT2D eigenvalue weighted by Gasteiger charge is 2.23. The molecule has 1 atom stereocenters. The van der Waals surface area contributed by atoms with Crippen LogP contribution < -0.4 is 15.8 Å². The van der Waals surface area contributed by atoms with Crippen molar-refractivity contribution in [3.63, 3.8) is 0 Å². The maximum absolute atomic E-state index is 12.5.